The third kappa shape index (κ3) is 2.75. The quantitative estimate of drug-likeness (QED) is 0.896. The molecule has 0 saturated heterocycles. The normalized spacial score (nSPS) is 16.9. The van der Waals surface area contributed by atoms with Gasteiger partial charge >= 0.3 is 0 Å². The molecule has 0 aromatic carbocycles. The van der Waals surface area contributed by atoms with Crippen LogP contribution < -0.4 is 5.32 Å². The Kier molecular flexibility index (Phi) is 3.33. The van der Waals surface area contributed by atoms with Crippen molar-refractivity contribution in [1.29, 1.82) is 0 Å². The lowest BCUT2D eigenvalue weighted by Gasteiger charge is -2.19. The Bertz CT molecular complexity index is 412. The first-order chi connectivity index (χ1) is 8.03. The van der Waals surface area contributed by atoms with Crippen LogP contribution in [0.5, 0.6) is 0 Å². The molecule has 0 spiro atoms. The molecule has 92 valence electrons. The van der Waals surface area contributed by atoms with Crippen LogP contribution in [0.15, 0.2) is 12.1 Å². The maximum absolute atomic E-state index is 11.8. The van der Waals surface area contributed by atoms with E-state index in [1.54, 1.807) is 12.1 Å². The molecule has 4 nitrogen and oxygen atoms in total. The van der Waals surface area contributed by atoms with E-state index in [2.05, 4.69) is 29.4 Å². The highest BCUT2D eigenvalue weighted by Crippen LogP contribution is 2.51. The number of nitrogens with one attached hydrogen (secondary N) is 1. The van der Waals surface area contributed by atoms with Gasteiger partial charge in [-0.05, 0) is 36.3 Å². The number of halogens is 1. The van der Waals surface area contributed by atoms with Crippen molar-refractivity contribution >= 4 is 17.5 Å². The molecule has 1 aliphatic rings. The number of rotatable bonds is 4. The molecule has 0 radical (unpaired) electrons. The molecule has 1 fully saturated rings. The predicted octanol–water partition coefficient (Wildman–Crippen LogP) is 2.30. The highest BCUT2D eigenvalue weighted by Gasteiger charge is 2.45. The van der Waals surface area contributed by atoms with E-state index in [0.717, 1.165) is 0 Å². The number of amides is 1. The molecular weight excluding hydrogens is 238 g/mol. The van der Waals surface area contributed by atoms with Gasteiger partial charge in [-0.25, -0.2) is 0 Å². The van der Waals surface area contributed by atoms with Crippen LogP contribution in [-0.4, -0.2) is 22.6 Å². The molecule has 2 rings (SSSR count). The fourth-order valence-corrected chi connectivity index (χ4v) is 2.00. The summed E-state index contributed by atoms with van der Waals surface area (Å²) in [4.78, 5) is 11.8. The molecule has 1 aromatic rings. The number of carbonyl (C=O) groups excluding carboxylic acids is 1. The third-order valence-electron chi connectivity index (χ3n) is 3.58. The van der Waals surface area contributed by atoms with Crippen molar-refractivity contribution in [2.45, 2.75) is 26.7 Å². The Balaban J connectivity index is 1.92. The second kappa shape index (κ2) is 4.61. The minimum Gasteiger partial charge on any atom is -0.350 e. The Morgan fingerprint density at radius 3 is 2.65 bits per heavy atom. The maximum atomic E-state index is 11.8. The summed E-state index contributed by atoms with van der Waals surface area (Å²) in [5.74, 6) is 0.417. The molecular formula is C12H16ClN3O. The number of nitrogens with zero attached hydrogens (tertiary/aromatic N) is 2. The summed E-state index contributed by atoms with van der Waals surface area (Å²) in [6, 6.07) is 3.15. The van der Waals surface area contributed by atoms with Gasteiger partial charge in [0.05, 0.1) is 0 Å². The summed E-state index contributed by atoms with van der Waals surface area (Å²) in [5, 5.41) is 10.6. The van der Waals surface area contributed by atoms with Gasteiger partial charge < -0.3 is 5.32 Å². The fourth-order valence-electron chi connectivity index (χ4n) is 1.90. The van der Waals surface area contributed by atoms with Crippen molar-refractivity contribution in [2.24, 2.45) is 11.3 Å². The van der Waals surface area contributed by atoms with E-state index in [4.69, 9.17) is 11.6 Å². The third-order valence-corrected chi connectivity index (χ3v) is 3.78. The largest absolute Gasteiger partial charge is 0.350 e. The molecule has 1 aliphatic carbocycles. The first-order valence-corrected chi connectivity index (χ1v) is 6.19. The van der Waals surface area contributed by atoms with Gasteiger partial charge in [0.1, 0.15) is 0 Å². The fraction of sp³-hybridized carbons (Fsp3) is 0.583. The Morgan fingerprint density at radius 2 is 2.18 bits per heavy atom. The number of hydrogen-bond donors (Lipinski definition) is 1. The van der Waals surface area contributed by atoms with Crippen LogP contribution in [-0.2, 0) is 0 Å². The number of aromatic nitrogens is 2. The average molecular weight is 254 g/mol. The Morgan fingerprint density at radius 1 is 1.47 bits per heavy atom. The SMILES string of the molecule is CC(C)C1(CNC(=O)c2ccc(Cl)nn2)CC1. The molecule has 1 N–H and O–H groups in total. The smallest absolute Gasteiger partial charge is 0.271 e. The molecule has 0 aliphatic heterocycles. The van der Waals surface area contributed by atoms with Crippen LogP contribution in [0.1, 0.15) is 37.2 Å². The molecule has 1 amide bonds. The van der Waals surface area contributed by atoms with Crippen LogP contribution in [0, 0.1) is 11.3 Å². The van der Waals surface area contributed by atoms with Gasteiger partial charge in [-0.1, -0.05) is 25.4 Å². The second-order valence-electron chi connectivity index (χ2n) is 4.94. The molecule has 1 saturated carbocycles. The monoisotopic (exact) mass is 253 g/mol. The standard InChI is InChI=1S/C12H16ClN3O/c1-8(2)12(5-6-12)7-14-11(17)9-3-4-10(13)16-15-9/h3-4,8H,5-7H2,1-2H3,(H,14,17). The van der Waals surface area contributed by atoms with Gasteiger partial charge in [0.2, 0.25) is 0 Å². The summed E-state index contributed by atoms with van der Waals surface area (Å²) < 4.78 is 0. The lowest BCUT2D eigenvalue weighted by atomic mass is 9.92. The van der Waals surface area contributed by atoms with E-state index in [-0.39, 0.29) is 5.91 Å². The molecule has 5 heteroatoms. The maximum Gasteiger partial charge on any atom is 0.271 e. The Labute approximate surface area is 106 Å². The Hall–Kier alpha value is -1.16. The van der Waals surface area contributed by atoms with Gasteiger partial charge in [0, 0.05) is 6.54 Å². The molecule has 1 aromatic heterocycles. The van der Waals surface area contributed by atoms with Crippen LogP contribution in [0.25, 0.3) is 0 Å². The van der Waals surface area contributed by atoms with Gasteiger partial charge in [0.15, 0.2) is 10.8 Å². The predicted molar refractivity (Wildman–Crippen MR) is 65.9 cm³/mol. The van der Waals surface area contributed by atoms with Crippen molar-refractivity contribution < 1.29 is 4.79 Å². The second-order valence-corrected chi connectivity index (χ2v) is 5.33. The minimum atomic E-state index is -0.180. The van der Waals surface area contributed by atoms with E-state index in [1.807, 2.05) is 0 Å². The van der Waals surface area contributed by atoms with Gasteiger partial charge in [-0.2, -0.15) is 0 Å². The zero-order valence-electron chi connectivity index (χ0n) is 10.0. The number of hydrogen-bond acceptors (Lipinski definition) is 3. The van der Waals surface area contributed by atoms with Crippen LogP contribution in [0.2, 0.25) is 5.15 Å². The van der Waals surface area contributed by atoms with Crippen molar-refractivity contribution in [3.05, 3.63) is 23.0 Å². The summed E-state index contributed by atoms with van der Waals surface area (Å²) in [6.07, 6.45) is 2.38. The lowest BCUT2D eigenvalue weighted by molar-refractivity contribution is 0.0933. The number of carbonyl (C=O) groups is 1. The highest BCUT2D eigenvalue weighted by molar-refractivity contribution is 6.29. The summed E-state index contributed by atoms with van der Waals surface area (Å²) in [7, 11) is 0. The van der Waals surface area contributed by atoms with Crippen LogP contribution >= 0.6 is 11.6 Å². The van der Waals surface area contributed by atoms with Crippen LogP contribution in [0.4, 0.5) is 0 Å². The van der Waals surface area contributed by atoms with E-state index in [0.29, 0.717) is 28.7 Å². The van der Waals surface area contributed by atoms with Gasteiger partial charge in [-0.3, -0.25) is 4.79 Å². The lowest BCUT2D eigenvalue weighted by Crippen LogP contribution is -2.33. The molecule has 0 bridgehead atoms. The van der Waals surface area contributed by atoms with E-state index in [9.17, 15) is 4.79 Å². The van der Waals surface area contributed by atoms with Crippen molar-refractivity contribution in [3.8, 4) is 0 Å². The van der Waals surface area contributed by atoms with Crippen molar-refractivity contribution in [2.75, 3.05) is 6.54 Å². The van der Waals surface area contributed by atoms with Crippen molar-refractivity contribution in [1.82, 2.24) is 15.5 Å². The van der Waals surface area contributed by atoms with Crippen LogP contribution in [0.3, 0.4) is 0 Å². The highest BCUT2D eigenvalue weighted by atomic mass is 35.5. The molecule has 17 heavy (non-hydrogen) atoms. The molecule has 0 atom stereocenters. The first kappa shape index (κ1) is 12.3. The summed E-state index contributed by atoms with van der Waals surface area (Å²) >= 11 is 5.61. The molecule has 1 heterocycles. The first-order valence-electron chi connectivity index (χ1n) is 5.81. The molecule has 0 unspecified atom stereocenters. The van der Waals surface area contributed by atoms with Gasteiger partial charge in [-0.15, -0.1) is 10.2 Å². The minimum absolute atomic E-state index is 0.180. The van der Waals surface area contributed by atoms with E-state index in [1.165, 1.54) is 12.8 Å². The van der Waals surface area contributed by atoms with E-state index < -0.39 is 0 Å². The summed E-state index contributed by atoms with van der Waals surface area (Å²) in [6.45, 7) is 5.11. The van der Waals surface area contributed by atoms with Gasteiger partial charge in [0.25, 0.3) is 5.91 Å². The topological polar surface area (TPSA) is 54.9 Å². The zero-order chi connectivity index (χ0) is 12.5. The zero-order valence-corrected chi connectivity index (χ0v) is 10.8. The van der Waals surface area contributed by atoms with Crippen molar-refractivity contribution in [3.63, 3.8) is 0 Å². The average Bonchev–Trinajstić information content (AvgIpc) is 3.08. The van der Waals surface area contributed by atoms with E-state index >= 15 is 0 Å². The summed E-state index contributed by atoms with van der Waals surface area (Å²) in [5.41, 5.74) is 0.615.